The van der Waals surface area contributed by atoms with Gasteiger partial charge in [0.05, 0.1) is 6.61 Å². The first-order valence-electron chi connectivity index (χ1n) is 8.44. The van der Waals surface area contributed by atoms with Crippen molar-refractivity contribution in [2.45, 2.75) is 51.6 Å². The molecule has 5 heteroatoms. The Morgan fingerprint density at radius 1 is 1.26 bits per heavy atom. The number of benzene rings is 1. The molecule has 0 spiro atoms. The number of carbonyl (C=O) groups is 1. The van der Waals surface area contributed by atoms with Crippen molar-refractivity contribution in [2.75, 3.05) is 13.2 Å². The van der Waals surface area contributed by atoms with Crippen LogP contribution < -0.4 is 5.32 Å². The fourth-order valence-electron chi connectivity index (χ4n) is 2.88. The zero-order valence-corrected chi connectivity index (χ0v) is 14.6. The van der Waals surface area contributed by atoms with E-state index in [-0.39, 0.29) is 12.5 Å². The average Bonchev–Trinajstić information content (AvgIpc) is 2.56. The van der Waals surface area contributed by atoms with E-state index in [0.717, 1.165) is 18.4 Å². The summed E-state index contributed by atoms with van der Waals surface area (Å²) in [5, 5.41) is 4.08. The molecule has 1 fully saturated rings. The lowest BCUT2D eigenvalue weighted by Crippen LogP contribution is -2.47. The van der Waals surface area contributed by atoms with Gasteiger partial charge in [0.25, 0.3) is 0 Å². The smallest absolute Gasteiger partial charge is 0.325 e. The van der Waals surface area contributed by atoms with E-state index in [9.17, 15) is 4.79 Å². The van der Waals surface area contributed by atoms with Crippen molar-refractivity contribution < 1.29 is 9.53 Å². The summed E-state index contributed by atoms with van der Waals surface area (Å²) in [4.78, 5) is 13.8. The summed E-state index contributed by atoms with van der Waals surface area (Å²) in [5.41, 5.74) is 1.13. The van der Waals surface area contributed by atoms with Crippen LogP contribution in [-0.2, 0) is 16.1 Å². The van der Waals surface area contributed by atoms with E-state index >= 15 is 0 Å². The average molecular weight is 334 g/mol. The van der Waals surface area contributed by atoms with Crippen molar-refractivity contribution >= 4 is 23.3 Å². The van der Waals surface area contributed by atoms with Gasteiger partial charge in [-0.25, -0.2) is 0 Å². The van der Waals surface area contributed by atoms with Gasteiger partial charge in [0.2, 0.25) is 0 Å². The number of esters is 1. The summed E-state index contributed by atoms with van der Waals surface area (Å²) in [6, 6.07) is 10.5. The Bertz CT molecular complexity index is 501. The summed E-state index contributed by atoms with van der Waals surface area (Å²) >= 11 is 5.57. The summed E-state index contributed by atoms with van der Waals surface area (Å²) in [7, 11) is 0. The van der Waals surface area contributed by atoms with E-state index in [2.05, 4.69) is 5.32 Å². The van der Waals surface area contributed by atoms with Crippen molar-refractivity contribution in [3.8, 4) is 0 Å². The molecule has 0 amide bonds. The van der Waals surface area contributed by atoms with Crippen LogP contribution in [0.4, 0.5) is 0 Å². The van der Waals surface area contributed by atoms with Gasteiger partial charge in [0, 0.05) is 12.6 Å². The summed E-state index contributed by atoms with van der Waals surface area (Å²) in [6.07, 6.45) is 6.10. The number of rotatable bonds is 6. The highest BCUT2D eigenvalue weighted by Crippen LogP contribution is 2.18. The van der Waals surface area contributed by atoms with Crippen molar-refractivity contribution in [1.82, 2.24) is 10.2 Å². The molecule has 23 heavy (non-hydrogen) atoms. The standard InChI is InChI=1S/C18H26N2O2S/c1-2-22-17(21)14-20(13-15-9-5-3-6-10-15)18(23)19-16-11-7-4-8-12-16/h3,5-6,9-10,16H,2,4,7-8,11-14H2,1H3,(H,19,23). The molecule has 1 aliphatic carbocycles. The van der Waals surface area contributed by atoms with E-state index in [1.807, 2.05) is 42.2 Å². The molecular weight excluding hydrogens is 308 g/mol. The summed E-state index contributed by atoms with van der Waals surface area (Å²) in [5.74, 6) is -0.240. The molecule has 2 rings (SSSR count). The molecule has 1 N–H and O–H groups in total. The third-order valence-electron chi connectivity index (χ3n) is 4.06. The molecule has 1 aliphatic rings. The quantitative estimate of drug-likeness (QED) is 0.639. The van der Waals surface area contributed by atoms with Gasteiger partial charge in [-0.1, -0.05) is 49.6 Å². The molecule has 0 unspecified atom stereocenters. The predicted octanol–water partition coefficient (Wildman–Crippen LogP) is 3.26. The van der Waals surface area contributed by atoms with E-state index in [0.29, 0.717) is 24.3 Å². The van der Waals surface area contributed by atoms with Gasteiger partial charge in [-0.2, -0.15) is 0 Å². The van der Waals surface area contributed by atoms with Crippen LogP contribution in [0.3, 0.4) is 0 Å². The minimum absolute atomic E-state index is 0.182. The van der Waals surface area contributed by atoms with E-state index < -0.39 is 0 Å². The molecular formula is C18H26N2O2S. The molecule has 1 aromatic carbocycles. The normalized spacial score (nSPS) is 15.0. The Balaban J connectivity index is 1.98. The largest absolute Gasteiger partial charge is 0.465 e. The second kappa shape index (κ2) is 9.50. The lowest BCUT2D eigenvalue weighted by molar-refractivity contribution is -0.143. The maximum absolute atomic E-state index is 11.9. The topological polar surface area (TPSA) is 41.6 Å². The number of hydrogen-bond donors (Lipinski definition) is 1. The highest BCUT2D eigenvalue weighted by molar-refractivity contribution is 7.80. The first-order valence-corrected chi connectivity index (χ1v) is 8.85. The highest BCUT2D eigenvalue weighted by Gasteiger charge is 2.19. The van der Waals surface area contributed by atoms with Crippen LogP contribution >= 0.6 is 12.2 Å². The maximum Gasteiger partial charge on any atom is 0.325 e. The SMILES string of the molecule is CCOC(=O)CN(Cc1ccccc1)C(=S)NC1CCCCC1. The predicted molar refractivity (Wildman–Crippen MR) is 96.1 cm³/mol. The van der Waals surface area contributed by atoms with Crippen LogP contribution in [0.15, 0.2) is 30.3 Å². The second-order valence-corrected chi connectivity index (χ2v) is 6.32. The third kappa shape index (κ3) is 6.18. The Morgan fingerprint density at radius 2 is 1.96 bits per heavy atom. The monoisotopic (exact) mass is 334 g/mol. The molecule has 0 aromatic heterocycles. The van der Waals surface area contributed by atoms with Gasteiger partial charge in [0.15, 0.2) is 5.11 Å². The van der Waals surface area contributed by atoms with Crippen molar-refractivity contribution in [3.63, 3.8) is 0 Å². The van der Waals surface area contributed by atoms with Gasteiger partial charge in [0.1, 0.15) is 6.54 Å². The Morgan fingerprint density at radius 3 is 2.61 bits per heavy atom. The summed E-state index contributed by atoms with van der Waals surface area (Å²) in [6.45, 7) is 3.00. The van der Waals surface area contributed by atoms with Gasteiger partial charge in [-0.15, -0.1) is 0 Å². The van der Waals surface area contributed by atoms with Gasteiger partial charge in [-0.3, -0.25) is 4.79 Å². The number of ether oxygens (including phenoxy) is 1. The number of hydrogen-bond acceptors (Lipinski definition) is 3. The molecule has 126 valence electrons. The van der Waals surface area contributed by atoms with E-state index in [1.165, 1.54) is 19.3 Å². The number of nitrogens with zero attached hydrogens (tertiary/aromatic N) is 1. The van der Waals surface area contributed by atoms with Gasteiger partial charge in [-0.05, 0) is 37.5 Å². The Labute approximate surface area is 144 Å². The molecule has 0 atom stereocenters. The molecule has 1 aromatic rings. The van der Waals surface area contributed by atoms with Crippen LogP contribution in [0, 0.1) is 0 Å². The highest BCUT2D eigenvalue weighted by atomic mass is 32.1. The van der Waals surface area contributed by atoms with E-state index in [4.69, 9.17) is 17.0 Å². The molecule has 0 aliphatic heterocycles. The fourth-order valence-corrected chi connectivity index (χ4v) is 3.17. The lowest BCUT2D eigenvalue weighted by atomic mass is 9.96. The Hall–Kier alpha value is -1.62. The van der Waals surface area contributed by atoms with Crippen LogP contribution in [0.1, 0.15) is 44.6 Å². The van der Waals surface area contributed by atoms with Gasteiger partial charge >= 0.3 is 5.97 Å². The van der Waals surface area contributed by atoms with E-state index in [1.54, 1.807) is 0 Å². The minimum Gasteiger partial charge on any atom is -0.465 e. The third-order valence-corrected chi connectivity index (χ3v) is 4.44. The zero-order valence-electron chi connectivity index (χ0n) is 13.8. The van der Waals surface area contributed by atoms with Crippen molar-refractivity contribution in [1.29, 1.82) is 0 Å². The minimum atomic E-state index is -0.240. The molecule has 0 saturated heterocycles. The lowest BCUT2D eigenvalue weighted by Gasteiger charge is -2.30. The van der Waals surface area contributed by atoms with Crippen LogP contribution in [0.25, 0.3) is 0 Å². The van der Waals surface area contributed by atoms with Crippen molar-refractivity contribution in [2.24, 2.45) is 0 Å². The zero-order chi connectivity index (χ0) is 16.5. The number of thiocarbonyl (C=S) groups is 1. The molecule has 0 bridgehead atoms. The van der Waals surface area contributed by atoms with Gasteiger partial charge < -0.3 is 15.0 Å². The van der Waals surface area contributed by atoms with Crippen LogP contribution in [-0.4, -0.2) is 35.2 Å². The second-order valence-electron chi connectivity index (χ2n) is 5.93. The summed E-state index contributed by atoms with van der Waals surface area (Å²) < 4.78 is 5.08. The molecule has 1 saturated carbocycles. The molecule has 4 nitrogen and oxygen atoms in total. The first kappa shape index (κ1) is 17.7. The molecule has 0 heterocycles. The van der Waals surface area contributed by atoms with Crippen LogP contribution in [0.2, 0.25) is 0 Å². The fraction of sp³-hybridized carbons (Fsp3) is 0.556. The maximum atomic E-state index is 11.9. The first-order chi connectivity index (χ1) is 11.2. The Kier molecular flexibility index (Phi) is 7.33. The number of carbonyl (C=O) groups excluding carboxylic acids is 1. The van der Waals surface area contributed by atoms with Crippen LogP contribution in [0.5, 0.6) is 0 Å². The number of nitrogens with one attached hydrogen (secondary N) is 1. The van der Waals surface area contributed by atoms with Crippen molar-refractivity contribution in [3.05, 3.63) is 35.9 Å². The molecule has 0 radical (unpaired) electrons.